The summed E-state index contributed by atoms with van der Waals surface area (Å²) in [5, 5.41) is 17.4. The van der Waals surface area contributed by atoms with Gasteiger partial charge in [-0.15, -0.1) is 5.10 Å². The monoisotopic (exact) mass is 279 g/mol. The van der Waals surface area contributed by atoms with Gasteiger partial charge >= 0.3 is 0 Å². The minimum Gasteiger partial charge on any atom is -0.387 e. The molecule has 21 heavy (non-hydrogen) atoms. The maximum absolute atomic E-state index is 9.45. The zero-order valence-corrected chi connectivity index (χ0v) is 11.8. The molecular formula is C17H17N3O. The van der Waals surface area contributed by atoms with Crippen LogP contribution in [0, 0.1) is 0 Å². The van der Waals surface area contributed by atoms with Gasteiger partial charge in [0.1, 0.15) is 5.69 Å². The van der Waals surface area contributed by atoms with Crippen LogP contribution in [0.2, 0.25) is 0 Å². The molecule has 4 heteroatoms. The van der Waals surface area contributed by atoms with E-state index in [-0.39, 0.29) is 0 Å². The Labute approximate surface area is 123 Å². The first-order chi connectivity index (χ1) is 10.2. The van der Waals surface area contributed by atoms with E-state index >= 15 is 0 Å². The van der Waals surface area contributed by atoms with Gasteiger partial charge in [-0.25, -0.2) is 4.68 Å². The second-order valence-electron chi connectivity index (χ2n) is 5.08. The van der Waals surface area contributed by atoms with Gasteiger partial charge in [-0.1, -0.05) is 59.8 Å². The third-order valence-corrected chi connectivity index (χ3v) is 3.39. The average molecular weight is 279 g/mol. The second kappa shape index (κ2) is 5.89. The van der Waals surface area contributed by atoms with Gasteiger partial charge in [0.25, 0.3) is 0 Å². The van der Waals surface area contributed by atoms with E-state index in [9.17, 15) is 5.11 Å². The molecule has 4 nitrogen and oxygen atoms in total. The predicted octanol–water partition coefficient (Wildman–Crippen LogP) is 3.05. The molecule has 0 fully saturated rings. The topological polar surface area (TPSA) is 50.9 Å². The third-order valence-electron chi connectivity index (χ3n) is 3.39. The Morgan fingerprint density at radius 2 is 1.67 bits per heavy atom. The zero-order chi connectivity index (χ0) is 14.7. The van der Waals surface area contributed by atoms with Crippen molar-refractivity contribution in [2.24, 2.45) is 0 Å². The summed E-state index contributed by atoms with van der Waals surface area (Å²) in [5.41, 5.74) is 4.15. The summed E-state index contributed by atoms with van der Waals surface area (Å²) in [7, 11) is 0. The molecule has 1 aromatic heterocycles. The quantitative estimate of drug-likeness (QED) is 0.798. The highest BCUT2D eigenvalue weighted by Gasteiger charge is 2.06. The molecule has 1 heterocycles. The molecule has 0 bridgehead atoms. The zero-order valence-electron chi connectivity index (χ0n) is 11.8. The molecule has 0 saturated carbocycles. The lowest BCUT2D eigenvalue weighted by Gasteiger charge is -2.04. The van der Waals surface area contributed by atoms with Crippen LogP contribution in [0.1, 0.15) is 24.3 Å². The van der Waals surface area contributed by atoms with Crippen LogP contribution in [0.25, 0.3) is 11.1 Å². The number of benzene rings is 2. The molecule has 3 rings (SSSR count). The number of nitrogens with zero attached hydrogens (tertiary/aromatic N) is 3. The largest absolute Gasteiger partial charge is 0.387 e. The van der Waals surface area contributed by atoms with Gasteiger partial charge in [0, 0.05) is 0 Å². The van der Waals surface area contributed by atoms with Gasteiger partial charge in [0.15, 0.2) is 0 Å². The molecule has 1 atom stereocenters. The van der Waals surface area contributed by atoms with Gasteiger partial charge in [-0.05, 0) is 23.6 Å². The van der Waals surface area contributed by atoms with Crippen LogP contribution in [0.4, 0.5) is 0 Å². The van der Waals surface area contributed by atoms with Crippen molar-refractivity contribution in [3.63, 3.8) is 0 Å². The Hall–Kier alpha value is -2.46. The van der Waals surface area contributed by atoms with Crippen LogP contribution in [-0.2, 0) is 6.54 Å². The van der Waals surface area contributed by atoms with Crippen molar-refractivity contribution in [3.05, 3.63) is 72.1 Å². The molecule has 2 aromatic carbocycles. The van der Waals surface area contributed by atoms with Crippen molar-refractivity contribution < 1.29 is 5.11 Å². The highest BCUT2D eigenvalue weighted by Crippen LogP contribution is 2.19. The summed E-state index contributed by atoms with van der Waals surface area (Å²) in [4.78, 5) is 0. The normalized spacial score (nSPS) is 12.3. The molecule has 106 valence electrons. The maximum Gasteiger partial charge on any atom is 0.111 e. The Morgan fingerprint density at radius 1 is 1.00 bits per heavy atom. The molecule has 3 aromatic rings. The fraction of sp³-hybridized carbons (Fsp3) is 0.176. The first-order valence-corrected chi connectivity index (χ1v) is 6.95. The van der Waals surface area contributed by atoms with E-state index in [4.69, 9.17) is 0 Å². The Morgan fingerprint density at radius 3 is 2.29 bits per heavy atom. The Kier molecular flexibility index (Phi) is 3.79. The number of aliphatic hydroxyl groups is 1. The van der Waals surface area contributed by atoms with E-state index in [2.05, 4.69) is 46.7 Å². The van der Waals surface area contributed by atoms with Crippen molar-refractivity contribution in [1.82, 2.24) is 15.0 Å². The van der Waals surface area contributed by atoms with Crippen molar-refractivity contribution in [2.45, 2.75) is 19.6 Å². The second-order valence-corrected chi connectivity index (χ2v) is 5.08. The van der Waals surface area contributed by atoms with E-state index in [1.807, 2.05) is 18.2 Å². The van der Waals surface area contributed by atoms with Gasteiger partial charge in [-0.2, -0.15) is 0 Å². The fourth-order valence-corrected chi connectivity index (χ4v) is 2.20. The van der Waals surface area contributed by atoms with Crippen LogP contribution >= 0.6 is 0 Å². The lowest BCUT2D eigenvalue weighted by Crippen LogP contribution is -2.00. The fourth-order valence-electron chi connectivity index (χ4n) is 2.20. The molecule has 0 saturated heterocycles. The lowest BCUT2D eigenvalue weighted by atomic mass is 10.0. The van der Waals surface area contributed by atoms with Gasteiger partial charge < -0.3 is 5.11 Å². The van der Waals surface area contributed by atoms with E-state index < -0.39 is 6.10 Å². The minimum absolute atomic E-state index is 0.584. The molecular weight excluding hydrogens is 262 g/mol. The van der Waals surface area contributed by atoms with Crippen LogP contribution in [0.5, 0.6) is 0 Å². The van der Waals surface area contributed by atoms with E-state index in [0.717, 1.165) is 5.56 Å². The Balaban J connectivity index is 1.75. The summed E-state index contributed by atoms with van der Waals surface area (Å²) in [5.74, 6) is 0. The average Bonchev–Trinajstić information content (AvgIpc) is 2.98. The third kappa shape index (κ3) is 3.17. The molecule has 1 N–H and O–H groups in total. The SMILES string of the molecule is CC(O)c1cn(Cc2ccc(-c3ccccc3)cc2)nn1. The van der Waals surface area contributed by atoms with Gasteiger partial charge in [0.2, 0.25) is 0 Å². The molecule has 0 amide bonds. The number of aromatic nitrogens is 3. The highest BCUT2D eigenvalue weighted by atomic mass is 16.3. The lowest BCUT2D eigenvalue weighted by molar-refractivity contribution is 0.194. The molecule has 0 aliphatic rings. The maximum atomic E-state index is 9.45. The van der Waals surface area contributed by atoms with Crippen LogP contribution < -0.4 is 0 Å². The van der Waals surface area contributed by atoms with Crippen molar-refractivity contribution in [1.29, 1.82) is 0 Å². The van der Waals surface area contributed by atoms with Crippen molar-refractivity contribution in [3.8, 4) is 11.1 Å². The smallest absolute Gasteiger partial charge is 0.111 e. The number of aliphatic hydroxyl groups excluding tert-OH is 1. The first kappa shape index (κ1) is 13.5. The summed E-state index contributed by atoms with van der Waals surface area (Å²) in [6.07, 6.45) is 1.19. The molecule has 0 aliphatic carbocycles. The van der Waals surface area contributed by atoms with Crippen molar-refractivity contribution in [2.75, 3.05) is 0 Å². The molecule has 0 spiro atoms. The van der Waals surface area contributed by atoms with E-state index in [1.54, 1.807) is 17.8 Å². The summed E-state index contributed by atoms with van der Waals surface area (Å²) >= 11 is 0. The Bertz CT molecular complexity index is 702. The summed E-state index contributed by atoms with van der Waals surface area (Å²) in [6, 6.07) is 18.7. The molecule has 0 radical (unpaired) electrons. The molecule has 1 unspecified atom stereocenters. The van der Waals surface area contributed by atoms with Crippen LogP contribution in [0.3, 0.4) is 0 Å². The number of hydrogen-bond donors (Lipinski definition) is 1. The van der Waals surface area contributed by atoms with E-state index in [0.29, 0.717) is 12.2 Å². The first-order valence-electron chi connectivity index (χ1n) is 6.95. The highest BCUT2D eigenvalue weighted by molar-refractivity contribution is 5.63. The van der Waals surface area contributed by atoms with Gasteiger partial charge in [0.05, 0.1) is 18.8 Å². The van der Waals surface area contributed by atoms with E-state index in [1.165, 1.54) is 11.1 Å². The van der Waals surface area contributed by atoms with Crippen LogP contribution in [0.15, 0.2) is 60.8 Å². The number of hydrogen-bond acceptors (Lipinski definition) is 3. The standard InChI is InChI=1S/C17H17N3O/c1-13(21)17-12-20(19-18-17)11-14-7-9-16(10-8-14)15-5-3-2-4-6-15/h2-10,12-13,21H,11H2,1H3. The summed E-state index contributed by atoms with van der Waals surface area (Å²) < 4.78 is 1.74. The minimum atomic E-state index is -0.584. The van der Waals surface area contributed by atoms with Gasteiger partial charge in [-0.3, -0.25) is 0 Å². The number of rotatable bonds is 4. The molecule has 0 aliphatic heterocycles. The van der Waals surface area contributed by atoms with Crippen LogP contribution in [-0.4, -0.2) is 20.1 Å². The van der Waals surface area contributed by atoms with Crippen molar-refractivity contribution >= 4 is 0 Å². The summed E-state index contributed by atoms with van der Waals surface area (Å²) in [6.45, 7) is 2.33. The predicted molar refractivity (Wildman–Crippen MR) is 81.6 cm³/mol.